The van der Waals surface area contributed by atoms with Gasteiger partial charge in [0.25, 0.3) is 0 Å². The number of carbonyl (C=O) groups is 20. The first-order valence-electron chi connectivity index (χ1n) is 34.3. The first-order valence-corrected chi connectivity index (χ1v) is 34.7. The number of primary amides is 1. The number of carboxylic acids is 4. The number of nitrogen functional groups attached to an aromatic ring is 1. The number of ketones is 1. The molecule has 3 aromatic rings. The molecule has 46 heteroatoms. The fourth-order valence-corrected chi connectivity index (χ4v) is 10.9. The van der Waals surface area contributed by atoms with Crippen LogP contribution in [0, 0.1) is 5.92 Å². The molecule has 1 fully saturated rings. The summed E-state index contributed by atoms with van der Waals surface area (Å²) < 4.78 is 10.5. The van der Waals surface area contributed by atoms with Crippen LogP contribution in [-0.2, 0) is 102 Å². The van der Waals surface area contributed by atoms with E-state index in [4.69, 9.17) is 38.9 Å². The van der Waals surface area contributed by atoms with Crippen LogP contribution in [0.25, 0.3) is 10.9 Å². The van der Waals surface area contributed by atoms with E-state index in [1.165, 1.54) is 30.3 Å². The second-order valence-corrected chi connectivity index (χ2v) is 25.8. The number of nitrogens with one attached hydrogen (secondary N) is 15. The summed E-state index contributed by atoms with van der Waals surface area (Å²) in [6.45, 7) is 1.89. The molecule has 0 bridgehead atoms. The van der Waals surface area contributed by atoms with Crippen molar-refractivity contribution in [3.8, 4) is 0 Å². The molecule has 0 saturated carbocycles. The summed E-state index contributed by atoms with van der Waals surface area (Å²) in [6.07, 6.45) is -8.55. The minimum absolute atomic E-state index is 0.187. The zero-order valence-electron chi connectivity index (χ0n) is 60.7. The van der Waals surface area contributed by atoms with Crippen molar-refractivity contribution in [2.45, 2.75) is 151 Å². The lowest BCUT2D eigenvalue weighted by molar-refractivity contribution is -0.156. The number of nitrogens with two attached hydrogens (primary N) is 3. The topological polar surface area (TPSA) is 723 Å². The van der Waals surface area contributed by atoms with Gasteiger partial charge < -0.3 is 132 Å². The van der Waals surface area contributed by atoms with E-state index in [2.05, 4.69) is 70.0 Å². The van der Waals surface area contributed by atoms with E-state index in [0.717, 1.165) is 20.8 Å². The lowest BCUT2D eigenvalue weighted by Gasteiger charge is -2.30. The van der Waals surface area contributed by atoms with E-state index in [1.54, 1.807) is 30.5 Å². The van der Waals surface area contributed by atoms with Crippen molar-refractivity contribution in [1.82, 2.24) is 79.4 Å². The maximum atomic E-state index is 14.8. The highest BCUT2D eigenvalue weighted by Crippen LogP contribution is 2.21. The summed E-state index contributed by atoms with van der Waals surface area (Å²) in [4.78, 5) is 274. The lowest BCUT2D eigenvalue weighted by atomic mass is 9.96. The molecule has 1 unspecified atom stereocenters. The van der Waals surface area contributed by atoms with Gasteiger partial charge in [-0.3, -0.25) is 86.3 Å². The fraction of sp³-hybridized carbons (Fsp3) is 0.448. The van der Waals surface area contributed by atoms with E-state index in [0.29, 0.717) is 16.5 Å². The molecule has 1 aliphatic heterocycles. The Balaban J connectivity index is 1.92. The number of aliphatic carboxylic acids is 4. The number of thiocarbonyl (C=S) groups is 1. The molecule has 14 amide bonds. The molecule has 0 aliphatic carbocycles. The van der Waals surface area contributed by atoms with Crippen LogP contribution in [0.1, 0.15) is 88.1 Å². The van der Waals surface area contributed by atoms with E-state index in [9.17, 15) is 121 Å². The second kappa shape index (κ2) is 44.9. The number of Topliss-reactive ketones (excluding diaryl/α,β-unsaturated/α-hetero) is 1. The Kier molecular flexibility index (Phi) is 36.5. The number of para-hydroxylation sites is 2. The van der Waals surface area contributed by atoms with Gasteiger partial charge in [0.2, 0.25) is 76.8 Å². The van der Waals surface area contributed by atoms with Gasteiger partial charge in [-0.25, -0.2) is 9.59 Å². The number of amides is 14. The van der Waals surface area contributed by atoms with Crippen molar-refractivity contribution in [1.29, 1.82) is 0 Å². The third kappa shape index (κ3) is 30.9. The van der Waals surface area contributed by atoms with Gasteiger partial charge in [-0.2, -0.15) is 0 Å². The van der Waals surface area contributed by atoms with Crippen molar-refractivity contribution in [2.75, 3.05) is 38.6 Å². The Bertz CT molecular complexity index is 4120. The molecule has 0 spiro atoms. The summed E-state index contributed by atoms with van der Waals surface area (Å²) in [5, 5.41) is 80.1. The number of hydrogen-bond donors (Lipinski definition) is 23. The van der Waals surface area contributed by atoms with Crippen LogP contribution in [0.5, 0.6) is 0 Å². The number of aliphatic hydroxyl groups is 1. The van der Waals surface area contributed by atoms with Crippen molar-refractivity contribution < 1.29 is 131 Å². The van der Waals surface area contributed by atoms with Crippen LogP contribution in [-0.4, -0.2) is 260 Å². The minimum atomic E-state index is -2.48. The summed E-state index contributed by atoms with van der Waals surface area (Å²) >= 11 is 5.01. The highest BCUT2D eigenvalue weighted by molar-refractivity contribution is 7.80. The monoisotopic (exact) mass is 1610 g/mol. The Morgan fingerprint density at radius 2 is 1.17 bits per heavy atom. The van der Waals surface area contributed by atoms with Crippen LogP contribution in [0.3, 0.4) is 0 Å². The van der Waals surface area contributed by atoms with Gasteiger partial charge in [-0.05, 0) is 68.6 Å². The first-order chi connectivity index (χ1) is 53.2. The van der Waals surface area contributed by atoms with Gasteiger partial charge in [0.05, 0.1) is 51.8 Å². The van der Waals surface area contributed by atoms with Gasteiger partial charge in [-0.1, -0.05) is 49.9 Å². The number of esters is 1. The van der Waals surface area contributed by atoms with Crippen molar-refractivity contribution >= 4 is 152 Å². The Labute approximate surface area is 646 Å². The number of fused-ring (bicyclic) bond motifs is 1. The van der Waals surface area contributed by atoms with Crippen LogP contribution < -0.4 is 91.6 Å². The molecule has 1 aliphatic rings. The van der Waals surface area contributed by atoms with Crippen LogP contribution >= 0.6 is 12.2 Å². The van der Waals surface area contributed by atoms with Gasteiger partial charge in [0.15, 0.2) is 10.9 Å². The number of alkyl carbamates (subject to hydrolysis) is 1. The summed E-state index contributed by atoms with van der Waals surface area (Å²) in [7, 11) is 0. The number of aromatic nitrogens is 1. The predicted octanol–water partition coefficient (Wildman–Crippen LogP) is -8.09. The molecular weight excluding hydrogens is 1520 g/mol. The van der Waals surface area contributed by atoms with Gasteiger partial charge in [-0.15, -0.1) is 0 Å². The second-order valence-electron chi connectivity index (χ2n) is 25.3. The van der Waals surface area contributed by atoms with E-state index in [1.807, 2.05) is 16.0 Å². The first kappa shape index (κ1) is 92.0. The number of carbonyl (C=O) groups excluding carboxylic acids is 16. The minimum Gasteiger partial charge on any atom is -0.481 e. The number of cyclic esters (lactones) is 1. The molecule has 1 saturated heterocycles. The van der Waals surface area contributed by atoms with Gasteiger partial charge >= 0.3 is 35.9 Å². The number of carboxylic acid groups (broad SMARTS) is 4. The Morgan fingerprint density at radius 1 is 0.619 bits per heavy atom. The number of H-pyrrole nitrogens is 1. The maximum Gasteiger partial charge on any atom is 0.407 e. The molecule has 2 heterocycles. The van der Waals surface area contributed by atoms with Crippen molar-refractivity contribution in [3.63, 3.8) is 0 Å². The molecule has 113 heavy (non-hydrogen) atoms. The zero-order chi connectivity index (χ0) is 84.5. The number of hydrogen-bond acceptors (Lipinski definition) is 25. The number of aliphatic hydroxyl groups excluding tert-OH is 1. The molecule has 0 radical (unpaired) electrons. The maximum absolute atomic E-state index is 14.8. The standard InChI is InChI=1S/C67H88N18O27S/c1-5-17-111-67(110)71-16-10-15-37-57(101)80-41(23-51(95)96)58(102)75-30(3)55(99)78-40(22-50(93)94)56(100)73-26-48(90)77-44(28-86)62(106)84-53(29(2)18-49(91)92)64(108)82-43(20-45(87)34-12-6-8-13-35(34)68)65(109)112-31(4)54(63(107)74-27-47(89)76-37)85-61(105)42(24-52(97)98)81-60(104)39(21-46(69)88)79-59(103)38(83-66(70)113)19-32-25-72-36-14-9-7-11-33(32)36/h5-9,11-14,25,29-31,37-44,53-54,72,86H,1,10,15-24,26-28,68H2,2-4H3,(H2,69,88)(H,71,110)(H,73,100)(H,74,107)(H,75,102)(H,76,89)(H,77,90)(H,78,99)(H,79,103)(H,80,101)(H,81,104)(H,82,108)(H,84,106)(H,85,105)(H,91,92)(H,93,94)(H,95,96)(H,97,98)(H3,70,83,113)/t29?,30-,31-,37+,38+,39-,40+,41+,42+,43+,44-,53+,54+/m1/s1. The van der Waals surface area contributed by atoms with Crippen LogP contribution in [0.4, 0.5) is 10.5 Å². The highest BCUT2D eigenvalue weighted by atomic mass is 32.1. The van der Waals surface area contributed by atoms with Crippen molar-refractivity contribution in [3.05, 3.63) is 78.5 Å². The van der Waals surface area contributed by atoms with Gasteiger partial charge in [0, 0.05) is 47.7 Å². The van der Waals surface area contributed by atoms with Crippen LogP contribution in [0.15, 0.2) is 67.4 Å². The molecule has 2 aromatic carbocycles. The fourth-order valence-electron chi connectivity index (χ4n) is 10.8. The largest absolute Gasteiger partial charge is 0.481 e. The molecule has 45 nitrogen and oxygen atoms in total. The van der Waals surface area contributed by atoms with E-state index >= 15 is 0 Å². The van der Waals surface area contributed by atoms with E-state index in [-0.39, 0.29) is 37.2 Å². The molecule has 4 rings (SSSR count). The molecule has 614 valence electrons. The molecule has 1 aromatic heterocycles. The number of benzene rings is 2. The summed E-state index contributed by atoms with van der Waals surface area (Å²) in [5.41, 5.74) is 18.0. The number of ether oxygens (including phenoxy) is 2. The number of anilines is 1. The average Bonchev–Trinajstić information content (AvgIpc) is 1.79. The van der Waals surface area contributed by atoms with Crippen LogP contribution in [0.2, 0.25) is 0 Å². The Hall–Kier alpha value is -13.4. The SMILES string of the molecule is C=CCOC(=O)NCCC[C@@H]1NC(=O)CNC(=O)[C@@H](NC(=O)[C@H](CC(=O)O)NC(=O)[C@@H](CC(N)=O)NC(=O)[C@H](Cc2c[nH]c3ccccc23)NC(N)=S)[C@@H](C)OC(=O)[C@H](CC(=O)c2ccccc2N)NC(=O)[C@H](C(C)CC(=O)O)NC(=O)[C@@H](CO)NC(=O)CNC(=O)[C@H](CC(=O)O)NC(=O)[C@@H](C)NC(=O)[C@H](CC(=O)O)NC1=O. The third-order valence-electron chi connectivity index (χ3n) is 16.4. The van der Waals surface area contributed by atoms with Crippen molar-refractivity contribution in [2.24, 2.45) is 17.4 Å². The third-order valence-corrected chi connectivity index (χ3v) is 16.5. The molecule has 13 atom stereocenters. The smallest absolute Gasteiger partial charge is 0.407 e. The Morgan fingerprint density at radius 3 is 1.76 bits per heavy atom. The highest BCUT2D eigenvalue weighted by Gasteiger charge is 2.41. The normalized spacial score (nSPS) is 21.2. The average molecular weight is 1610 g/mol. The zero-order valence-corrected chi connectivity index (χ0v) is 61.6. The predicted molar refractivity (Wildman–Crippen MR) is 390 cm³/mol. The number of rotatable bonds is 30. The van der Waals surface area contributed by atoms with E-state index < -0.39 is 267 Å². The number of aromatic amines is 1. The lowest BCUT2D eigenvalue weighted by Crippen LogP contribution is -2.62. The summed E-state index contributed by atoms with van der Waals surface area (Å²) in [6, 6.07) is -11.0. The molecular formula is C67H88N18O27S. The molecule has 26 N–H and O–H groups in total. The van der Waals surface area contributed by atoms with Gasteiger partial charge in [0.1, 0.15) is 79.2 Å². The summed E-state index contributed by atoms with van der Waals surface area (Å²) in [5.74, 6) is -29.7. The quantitative estimate of drug-likeness (QED) is 0.00736.